The molecule has 2 fully saturated rings. The van der Waals surface area contributed by atoms with Gasteiger partial charge in [-0.3, -0.25) is 9.69 Å². The quantitative estimate of drug-likeness (QED) is 0.637. The van der Waals surface area contributed by atoms with Crippen LogP contribution in [-0.4, -0.2) is 62.9 Å². The van der Waals surface area contributed by atoms with E-state index in [2.05, 4.69) is 17.1 Å². The van der Waals surface area contributed by atoms with Gasteiger partial charge in [0.15, 0.2) is 11.5 Å². The third-order valence-corrected chi connectivity index (χ3v) is 6.23. The fraction of sp³-hybridized carbons (Fsp3) is 0.696. The van der Waals surface area contributed by atoms with Gasteiger partial charge in [-0.05, 0) is 37.5 Å². The second-order valence-electron chi connectivity index (χ2n) is 8.13. The summed E-state index contributed by atoms with van der Waals surface area (Å²) in [6.45, 7) is 6.94. The van der Waals surface area contributed by atoms with Crippen LogP contribution < -0.4 is 14.8 Å². The normalized spacial score (nSPS) is 19.5. The van der Waals surface area contributed by atoms with E-state index >= 15 is 0 Å². The molecule has 1 saturated carbocycles. The van der Waals surface area contributed by atoms with E-state index in [4.69, 9.17) is 14.2 Å². The highest BCUT2D eigenvalue weighted by Gasteiger charge is 2.38. The number of benzene rings is 1. The number of morpholine rings is 1. The van der Waals surface area contributed by atoms with Crippen molar-refractivity contribution in [2.24, 2.45) is 0 Å². The lowest BCUT2D eigenvalue weighted by molar-refractivity contribution is -0.0361. The molecule has 0 bridgehead atoms. The first-order valence-electron chi connectivity index (χ1n) is 11.1. The standard InChI is InChI=1S/C23H36N2O4/c1-3-4-14-29-20-9-8-19(17-21(20)27-2)22(26)24-18-23(10-6-5-7-11-23)25-12-15-28-16-13-25/h8-9,17H,3-7,10-16,18H2,1-2H3,(H,24,26). The van der Waals surface area contributed by atoms with Gasteiger partial charge in [-0.2, -0.15) is 0 Å². The maximum atomic E-state index is 12.9. The highest BCUT2D eigenvalue weighted by molar-refractivity contribution is 5.94. The van der Waals surface area contributed by atoms with Crippen LogP contribution in [0.3, 0.4) is 0 Å². The number of unbranched alkanes of at least 4 members (excludes halogenated alkanes) is 1. The zero-order valence-electron chi connectivity index (χ0n) is 18.0. The second-order valence-corrected chi connectivity index (χ2v) is 8.13. The fourth-order valence-corrected chi connectivity index (χ4v) is 4.45. The number of carbonyl (C=O) groups is 1. The van der Waals surface area contributed by atoms with Gasteiger partial charge in [0.25, 0.3) is 5.91 Å². The van der Waals surface area contributed by atoms with Crippen molar-refractivity contribution in [2.45, 2.75) is 57.4 Å². The molecule has 29 heavy (non-hydrogen) atoms. The van der Waals surface area contributed by atoms with Gasteiger partial charge in [0.05, 0.1) is 26.9 Å². The molecule has 1 aliphatic heterocycles. The van der Waals surface area contributed by atoms with E-state index in [1.807, 2.05) is 12.1 Å². The molecule has 1 saturated heterocycles. The number of methoxy groups -OCH3 is 1. The molecule has 1 aromatic rings. The Morgan fingerprint density at radius 2 is 1.93 bits per heavy atom. The van der Waals surface area contributed by atoms with Gasteiger partial charge in [-0.25, -0.2) is 0 Å². The molecule has 2 aliphatic rings. The molecule has 6 heteroatoms. The maximum Gasteiger partial charge on any atom is 0.251 e. The summed E-state index contributed by atoms with van der Waals surface area (Å²) >= 11 is 0. The van der Waals surface area contributed by atoms with E-state index in [0.717, 1.165) is 52.0 Å². The lowest BCUT2D eigenvalue weighted by atomic mass is 9.79. The SMILES string of the molecule is CCCCOc1ccc(C(=O)NCC2(N3CCOCC3)CCCCC2)cc1OC. The summed E-state index contributed by atoms with van der Waals surface area (Å²) in [6, 6.07) is 5.43. The average Bonchev–Trinajstić information content (AvgIpc) is 2.79. The number of nitrogens with zero attached hydrogens (tertiary/aromatic N) is 1. The Morgan fingerprint density at radius 1 is 1.17 bits per heavy atom. The van der Waals surface area contributed by atoms with E-state index in [9.17, 15) is 4.79 Å². The van der Waals surface area contributed by atoms with Crippen molar-refractivity contribution in [1.29, 1.82) is 0 Å². The topological polar surface area (TPSA) is 60.0 Å². The molecule has 1 heterocycles. The molecule has 0 unspecified atom stereocenters. The summed E-state index contributed by atoms with van der Waals surface area (Å²) in [5.74, 6) is 1.24. The molecule has 1 aromatic carbocycles. The smallest absolute Gasteiger partial charge is 0.251 e. The number of amides is 1. The molecular weight excluding hydrogens is 368 g/mol. The molecule has 1 N–H and O–H groups in total. The molecule has 6 nitrogen and oxygen atoms in total. The van der Waals surface area contributed by atoms with Crippen LogP contribution in [0.25, 0.3) is 0 Å². The zero-order chi connectivity index (χ0) is 20.5. The minimum atomic E-state index is -0.0541. The van der Waals surface area contributed by atoms with Gasteiger partial charge in [-0.1, -0.05) is 32.6 Å². The molecule has 3 rings (SSSR count). The fourth-order valence-electron chi connectivity index (χ4n) is 4.45. The van der Waals surface area contributed by atoms with E-state index in [0.29, 0.717) is 30.2 Å². The number of hydrogen-bond donors (Lipinski definition) is 1. The summed E-state index contributed by atoms with van der Waals surface area (Å²) in [7, 11) is 1.61. The summed E-state index contributed by atoms with van der Waals surface area (Å²) in [5, 5.41) is 3.21. The monoisotopic (exact) mass is 404 g/mol. The molecule has 0 spiro atoms. The first kappa shape index (κ1) is 21.9. The first-order chi connectivity index (χ1) is 14.2. The van der Waals surface area contributed by atoms with Crippen molar-refractivity contribution in [1.82, 2.24) is 10.2 Å². The van der Waals surface area contributed by atoms with Gasteiger partial charge in [0.2, 0.25) is 0 Å². The molecule has 1 amide bonds. The van der Waals surface area contributed by atoms with Crippen LogP contribution in [0.5, 0.6) is 11.5 Å². The summed E-state index contributed by atoms with van der Waals surface area (Å²) in [4.78, 5) is 15.4. The van der Waals surface area contributed by atoms with Crippen LogP contribution in [0.4, 0.5) is 0 Å². The average molecular weight is 405 g/mol. The van der Waals surface area contributed by atoms with E-state index < -0.39 is 0 Å². The minimum Gasteiger partial charge on any atom is -0.493 e. The van der Waals surface area contributed by atoms with Crippen molar-refractivity contribution in [3.8, 4) is 11.5 Å². The van der Waals surface area contributed by atoms with Gasteiger partial charge in [-0.15, -0.1) is 0 Å². The zero-order valence-corrected chi connectivity index (χ0v) is 18.0. The Balaban J connectivity index is 1.65. The molecule has 0 atom stereocenters. The van der Waals surface area contributed by atoms with Gasteiger partial charge >= 0.3 is 0 Å². The molecule has 0 radical (unpaired) electrons. The van der Waals surface area contributed by atoms with Crippen molar-refractivity contribution in [2.75, 3.05) is 46.6 Å². The van der Waals surface area contributed by atoms with Crippen LogP contribution in [0.1, 0.15) is 62.2 Å². The van der Waals surface area contributed by atoms with Crippen molar-refractivity contribution >= 4 is 5.91 Å². The number of hydrogen-bond acceptors (Lipinski definition) is 5. The Kier molecular flexibility index (Phi) is 8.19. The third kappa shape index (κ3) is 5.64. The van der Waals surface area contributed by atoms with Crippen LogP contribution >= 0.6 is 0 Å². The van der Waals surface area contributed by atoms with Crippen LogP contribution in [0, 0.1) is 0 Å². The van der Waals surface area contributed by atoms with Gasteiger partial charge < -0.3 is 19.5 Å². The summed E-state index contributed by atoms with van der Waals surface area (Å²) in [6.07, 6.45) is 8.09. The van der Waals surface area contributed by atoms with Crippen LogP contribution in [0.2, 0.25) is 0 Å². The van der Waals surface area contributed by atoms with E-state index in [1.165, 1.54) is 19.3 Å². The van der Waals surface area contributed by atoms with E-state index in [-0.39, 0.29) is 11.4 Å². The lowest BCUT2D eigenvalue weighted by Gasteiger charge is -2.48. The van der Waals surface area contributed by atoms with Crippen molar-refractivity contribution < 1.29 is 19.0 Å². The summed E-state index contributed by atoms with van der Waals surface area (Å²) in [5.41, 5.74) is 0.669. The predicted molar refractivity (Wildman–Crippen MR) is 114 cm³/mol. The Morgan fingerprint density at radius 3 is 2.62 bits per heavy atom. The highest BCUT2D eigenvalue weighted by atomic mass is 16.5. The molecule has 0 aromatic heterocycles. The molecular formula is C23H36N2O4. The number of ether oxygens (including phenoxy) is 3. The third-order valence-electron chi connectivity index (χ3n) is 6.23. The largest absolute Gasteiger partial charge is 0.493 e. The maximum absolute atomic E-state index is 12.9. The van der Waals surface area contributed by atoms with Gasteiger partial charge in [0, 0.05) is 30.7 Å². The first-order valence-corrected chi connectivity index (χ1v) is 11.1. The van der Waals surface area contributed by atoms with E-state index in [1.54, 1.807) is 13.2 Å². The van der Waals surface area contributed by atoms with Crippen molar-refractivity contribution in [3.63, 3.8) is 0 Å². The predicted octanol–water partition coefficient (Wildman–Crippen LogP) is 3.64. The number of nitrogens with one attached hydrogen (secondary N) is 1. The Hall–Kier alpha value is -1.79. The van der Waals surface area contributed by atoms with Gasteiger partial charge in [0.1, 0.15) is 0 Å². The number of rotatable bonds is 9. The Bertz CT molecular complexity index is 652. The van der Waals surface area contributed by atoms with Crippen LogP contribution in [-0.2, 0) is 4.74 Å². The van der Waals surface area contributed by atoms with Crippen molar-refractivity contribution in [3.05, 3.63) is 23.8 Å². The lowest BCUT2D eigenvalue weighted by Crippen LogP contribution is -2.59. The van der Waals surface area contributed by atoms with Crippen LogP contribution in [0.15, 0.2) is 18.2 Å². The second kappa shape index (κ2) is 10.8. The minimum absolute atomic E-state index is 0.0541. The Labute approximate surface area is 174 Å². The summed E-state index contributed by atoms with van der Waals surface area (Å²) < 4.78 is 16.8. The molecule has 162 valence electrons. The molecule has 1 aliphatic carbocycles. The highest BCUT2D eigenvalue weighted by Crippen LogP contribution is 2.34. The number of carbonyl (C=O) groups excluding carboxylic acids is 1.